The summed E-state index contributed by atoms with van der Waals surface area (Å²) in [5, 5.41) is 13.2. The summed E-state index contributed by atoms with van der Waals surface area (Å²) in [5.41, 5.74) is -0.309. The second-order valence-electron chi connectivity index (χ2n) is 6.20. The highest BCUT2D eigenvalue weighted by Crippen LogP contribution is 2.32. The van der Waals surface area contributed by atoms with Gasteiger partial charge in [-0.1, -0.05) is 0 Å². The van der Waals surface area contributed by atoms with E-state index in [2.05, 4.69) is 10.3 Å². The number of cyclic esters (lactones) is 1. The van der Waals surface area contributed by atoms with Crippen LogP contribution in [0.15, 0.2) is 30.5 Å². The lowest BCUT2D eigenvalue weighted by atomic mass is 10.1. The normalized spacial score (nSPS) is 15.8. The molecule has 0 bridgehead atoms. The third kappa shape index (κ3) is 4.57. The number of anilines is 2. The lowest BCUT2D eigenvalue weighted by Gasteiger charge is -2.15. The highest BCUT2D eigenvalue weighted by molar-refractivity contribution is 5.90. The van der Waals surface area contributed by atoms with Crippen molar-refractivity contribution in [2.75, 3.05) is 23.3 Å². The van der Waals surface area contributed by atoms with Crippen molar-refractivity contribution in [3.63, 3.8) is 0 Å². The molecule has 1 fully saturated rings. The van der Waals surface area contributed by atoms with Crippen LogP contribution in [-0.4, -0.2) is 47.4 Å². The number of rotatable bonds is 5. The van der Waals surface area contributed by atoms with Gasteiger partial charge in [-0.15, -0.1) is 0 Å². The van der Waals surface area contributed by atoms with Gasteiger partial charge < -0.3 is 15.2 Å². The van der Waals surface area contributed by atoms with Crippen LogP contribution in [-0.2, 0) is 9.53 Å². The molecular formula is C18H16F2N4O5. The Bertz CT molecular complexity index is 944. The Morgan fingerprint density at radius 1 is 1.31 bits per heavy atom. The van der Waals surface area contributed by atoms with Crippen molar-refractivity contribution in [3.05, 3.63) is 42.1 Å². The maximum atomic E-state index is 14.6. The molecule has 2 heterocycles. The number of hydrogen-bond donors (Lipinski definition) is 3. The number of pyridine rings is 1. The third-order valence-corrected chi connectivity index (χ3v) is 4.08. The Kier molecular flexibility index (Phi) is 5.57. The first-order chi connectivity index (χ1) is 13.7. The van der Waals surface area contributed by atoms with Crippen molar-refractivity contribution in [2.24, 2.45) is 0 Å². The predicted octanol–water partition coefficient (Wildman–Crippen LogP) is 2.58. The minimum Gasteiger partial charge on any atom is -0.465 e. The Morgan fingerprint density at radius 3 is 2.55 bits per heavy atom. The number of carbonyl (C=O) groups excluding carboxylic acids is 2. The molecule has 11 heteroatoms. The molecule has 152 valence electrons. The molecule has 1 aromatic heterocycles. The van der Waals surface area contributed by atoms with E-state index in [1.807, 2.05) is 5.32 Å². The van der Waals surface area contributed by atoms with Gasteiger partial charge in [-0.3, -0.25) is 15.0 Å². The lowest BCUT2D eigenvalue weighted by Crippen LogP contribution is -2.33. The van der Waals surface area contributed by atoms with E-state index in [0.29, 0.717) is 0 Å². The van der Waals surface area contributed by atoms with Crippen molar-refractivity contribution >= 4 is 29.6 Å². The van der Waals surface area contributed by atoms with Crippen molar-refractivity contribution in [3.8, 4) is 11.1 Å². The smallest absolute Gasteiger partial charge is 0.414 e. The molecule has 0 saturated carbocycles. The zero-order chi connectivity index (χ0) is 21.1. The topological polar surface area (TPSA) is 121 Å². The largest absolute Gasteiger partial charge is 0.465 e. The maximum absolute atomic E-state index is 14.6. The van der Waals surface area contributed by atoms with Crippen LogP contribution in [0, 0.1) is 11.6 Å². The number of nitrogens with zero attached hydrogens (tertiary/aromatic N) is 2. The van der Waals surface area contributed by atoms with Crippen LogP contribution in [0.2, 0.25) is 0 Å². The molecule has 0 aliphatic carbocycles. The number of halogens is 2. The maximum Gasteiger partial charge on any atom is 0.414 e. The van der Waals surface area contributed by atoms with Gasteiger partial charge in [0.1, 0.15) is 23.6 Å². The number of nitrogens with one attached hydrogen (secondary N) is 2. The van der Waals surface area contributed by atoms with Crippen LogP contribution >= 0.6 is 0 Å². The van der Waals surface area contributed by atoms with Crippen molar-refractivity contribution in [1.82, 2.24) is 10.3 Å². The summed E-state index contributed by atoms with van der Waals surface area (Å²) in [6.07, 6.45) is -1.62. The molecule has 3 N–H and O–H groups in total. The number of carboxylic acid groups (broad SMARTS) is 1. The Morgan fingerprint density at radius 2 is 2.00 bits per heavy atom. The van der Waals surface area contributed by atoms with Gasteiger partial charge >= 0.3 is 12.2 Å². The zero-order valence-corrected chi connectivity index (χ0v) is 15.1. The van der Waals surface area contributed by atoms with Crippen LogP contribution in [0.3, 0.4) is 0 Å². The fourth-order valence-corrected chi connectivity index (χ4v) is 2.81. The van der Waals surface area contributed by atoms with Crippen molar-refractivity contribution in [2.45, 2.75) is 13.0 Å². The van der Waals surface area contributed by atoms with Gasteiger partial charge in [0.25, 0.3) is 0 Å². The average Bonchev–Trinajstić information content (AvgIpc) is 3.01. The minimum absolute atomic E-state index is 0.00344. The number of benzene rings is 1. The minimum atomic E-state index is -1.32. The third-order valence-electron chi connectivity index (χ3n) is 4.08. The Labute approximate surface area is 163 Å². The van der Waals surface area contributed by atoms with Gasteiger partial charge in [0.15, 0.2) is 0 Å². The predicted molar refractivity (Wildman–Crippen MR) is 97.5 cm³/mol. The second-order valence-corrected chi connectivity index (χ2v) is 6.20. The average molecular weight is 406 g/mol. The molecule has 9 nitrogen and oxygen atoms in total. The van der Waals surface area contributed by atoms with E-state index in [0.717, 1.165) is 23.2 Å². The van der Waals surface area contributed by atoms with Crippen LogP contribution in [0.25, 0.3) is 11.1 Å². The van der Waals surface area contributed by atoms with Gasteiger partial charge in [0.05, 0.1) is 24.3 Å². The molecule has 1 aromatic carbocycles. The molecule has 2 aromatic rings. The summed E-state index contributed by atoms with van der Waals surface area (Å²) in [5.74, 6) is -2.15. The van der Waals surface area contributed by atoms with Gasteiger partial charge in [-0.05, 0) is 24.3 Å². The second kappa shape index (κ2) is 8.09. The fraction of sp³-hybridized carbons (Fsp3) is 0.222. The number of amides is 3. The number of carbonyl (C=O) groups is 3. The van der Waals surface area contributed by atoms with Crippen molar-refractivity contribution < 1.29 is 33.0 Å². The summed E-state index contributed by atoms with van der Waals surface area (Å²) < 4.78 is 34.3. The monoisotopic (exact) mass is 406 g/mol. The molecule has 3 amide bonds. The molecule has 29 heavy (non-hydrogen) atoms. The zero-order valence-electron chi connectivity index (χ0n) is 15.1. The van der Waals surface area contributed by atoms with E-state index in [9.17, 15) is 23.2 Å². The van der Waals surface area contributed by atoms with Crippen LogP contribution < -0.4 is 15.5 Å². The summed E-state index contributed by atoms with van der Waals surface area (Å²) in [4.78, 5) is 38.4. The number of ether oxygens (including phenoxy) is 1. The van der Waals surface area contributed by atoms with E-state index < -0.39 is 29.9 Å². The lowest BCUT2D eigenvalue weighted by molar-refractivity contribution is -0.119. The van der Waals surface area contributed by atoms with Gasteiger partial charge in [-0.25, -0.2) is 23.4 Å². The quantitative estimate of drug-likeness (QED) is 0.702. The summed E-state index contributed by atoms with van der Waals surface area (Å²) >= 11 is 0. The first kappa shape index (κ1) is 20.0. The first-order valence-electron chi connectivity index (χ1n) is 8.42. The highest BCUT2D eigenvalue weighted by atomic mass is 19.1. The molecule has 1 saturated heterocycles. The van der Waals surface area contributed by atoms with E-state index in [1.165, 1.54) is 19.1 Å². The molecule has 1 aliphatic heterocycles. The van der Waals surface area contributed by atoms with Crippen molar-refractivity contribution in [1.29, 1.82) is 0 Å². The standard InChI is InChI=1S/C18H16F2N4O5/c1-9(25)21-7-12-8-24(18(28)29-12)11-4-13(19)16(14(20)5-11)10-2-3-15(22-6-10)23-17(26)27/h2-6,12H,7-8H2,1H3,(H,21,25)(H,22,23)(H,26,27)/t12-/m1/s1. The Balaban J connectivity index is 1.81. The van der Waals surface area contributed by atoms with Crippen LogP contribution in [0.4, 0.5) is 29.9 Å². The highest BCUT2D eigenvalue weighted by Gasteiger charge is 2.33. The fourth-order valence-electron chi connectivity index (χ4n) is 2.81. The van der Waals surface area contributed by atoms with Gasteiger partial charge in [-0.2, -0.15) is 0 Å². The number of aromatic nitrogens is 1. The summed E-state index contributed by atoms with van der Waals surface area (Å²) in [7, 11) is 0. The Hall–Kier alpha value is -3.76. The van der Waals surface area contributed by atoms with E-state index >= 15 is 0 Å². The first-order valence-corrected chi connectivity index (χ1v) is 8.42. The SMILES string of the molecule is CC(=O)NC[C@@H]1CN(c2cc(F)c(-c3ccc(NC(=O)O)nc3)c(F)c2)C(=O)O1. The van der Waals surface area contributed by atoms with Gasteiger partial charge in [0, 0.05) is 18.7 Å². The van der Waals surface area contributed by atoms with Crippen LogP contribution in [0.5, 0.6) is 0 Å². The molecule has 1 atom stereocenters. The van der Waals surface area contributed by atoms with Gasteiger partial charge in [0.2, 0.25) is 5.91 Å². The molecule has 0 unspecified atom stereocenters. The van der Waals surface area contributed by atoms with E-state index in [1.54, 1.807) is 0 Å². The summed E-state index contributed by atoms with van der Waals surface area (Å²) in [6, 6.07) is 4.56. The van der Waals surface area contributed by atoms with E-state index in [-0.39, 0.29) is 41.6 Å². The summed E-state index contributed by atoms with van der Waals surface area (Å²) in [6.45, 7) is 1.43. The molecule has 3 rings (SSSR count). The van der Waals surface area contributed by atoms with E-state index in [4.69, 9.17) is 9.84 Å². The number of hydrogen-bond acceptors (Lipinski definition) is 5. The van der Waals surface area contributed by atoms with Crippen LogP contribution in [0.1, 0.15) is 6.92 Å². The molecular weight excluding hydrogens is 390 g/mol. The molecule has 0 spiro atoms. The molecule has 1 aliphatic rings. The molecule has 0 radical (unpaired) electrons.